The van der Waals surface area contributed by atoms with Crippen LogP contribution in [0.4, 0.5) is 5.69 Å². The van der Waals surface area contributed by atoms with Crippen molar-refractivity contribution in [3.8, 4) is 5.75 Å². The molecule has 0 spiro atoms. The molecule has 0 heterocycles. The second-order valence-corrected chi connectivity index (χ2v) is 8.27. The van der Waals surface area contributed by atoms with E-state index in [2.05, 4.69) is 10.0 Å². The first-order valence-electron chi connectivity index (χ1n) is 8.52. The number of anilines is 1. The third-order valence-electron chi connectivity index (χ3n) is 3.77. The highest BCUT2D eigenvalue weighted by Crippen LogP contribution is 2.25. The van der Waals surface area contributed by atoms with Gasteiger partial charge in [0.15, 0.2) is 6.61 Å². The molecule has 0 aliphatic heterocycles. The maximum absolute atomic E-state index is 12.1. The molecule has 0 saturated heterocycles. The van der Waals surface area contributed by atoms with Gasteiger partial charge in [0.25, 0.3) is 5.91 Å². The van der Waals surface area contributed by atoms with Crippen LogP contribution in [-0.4, -0.2) is 27.5 Å². The predicted octanol–water partition coefficient (Wildman–Crippen LogP) is 3.66. The number of benzene rings is 2. The lowest BCUT2D eigenvalue weighted by atomic mass is 10.1. The van der Waals surface area contributed by atoms with E-state index in [1.165, 1.54) is 24.3 Å². The fourth-order valence-electron chi connectivity index (χ4n) is 2.37. The van der Waals surface area contributed by atoms with Crippen LogP contribution in [0.3, 0.4) is 0 Å². The van der Waals surface area contributed by atoms with Gasteiger partial charge in [-0.1, -0.05) is 18.5 Å². The molecule has 146 valence electrons. The van der Waals surface area contributed by atoms with Gasteiger partial charge in [-0.3, -0.25) is 4.79 Å². The van der Waals surface area contributed by atoms with Gasteiger partial charge in [-0.05, 0) is 67.8 Å². The molecule has 6 nitrogen and oxygen atoms in total. The Hall–Kier alpha value is -2.09. The van der Waals surface area contributed by atoms with Crippen LogP contribution in [0.2, 0.25) is 5.02 Å². The zero-order valence-corrected chi connectivity index (χ0v) is 17.1. The summed E-state index contributed by atoms with van der Waals surface area (Å²) in [5.41, 5.74) is 2.24. The number of amides is 1. The van der Waals surface area contributed by atoms with E-state index in [9.17, 15) is 13.2 Å². The van der Waals surface area contributed by atoms with Crippen LogP contribution in [0, 0.1) is 13.8 Å². The number of carbonyl (C=O) groups excluding carboxylic acids is 1. The Morgan fingerprint density at radius 3 is 2.26 bits per heavy atom. The third kappa shape index (κ3) is 5.95. The Kier molecular flexibility index (Phi) is 7.24. The molecule has 8 heteroatoms. The molecule has 0 bridgehead atoms. The summed E-state index contributed by atoms with van der Waals surface area (Å²) in [5.74, 6) is 0.216. The molecule has 0 saturated carbocycles. The summed E-state index contributed by atoms with van der Waals surface area (Å²) in [7, 11) is -3.52. The van der Waals surface area contributed by atoms with Gasteiger partial charge in [-0.2, -0.15) is 0 Å². The fourth-order valence-corrected chi connectivity index (χ4v) is 3.62. The zero-order chi connectivity index (χ0) is 20.0. The van der Waals surface area contributed by atoms with Crippen LogP contribution in [0.1, 0.15) is 24.5 Å². The minimum atomic E-state index is -3.52. The van der Waals surface area contributed by atoms with Gasteiger partial charge in [-0.15, -0.1) is 0 Å². The topological polar surface area (TPSA) is 84.5 Å². The standard InChI is InChI=1S/C19H23ClN2O4S/c1-4-9-21-27(24,25)17-7-5-15(6-8-17)22-18(23)12-26-16-10-13(2)19(20)14(3)11-16/h5-8,10-11,21H,4,9,12H2,1-3H3,(H,22,23). The molecule has 27 heavy (non-hydrogen) atoms. The average Bonchev–Trinajstić information content (AvgIpc) is 2.63. The highest BCUT2D eigenvalue weighted by atomic mass is 35.5. The molecule has 0 fully saturated rings. The van der Waals surface area contributed by atoms with Crippen molar-refractivity contribution in [2.45, 2.75) is 32.1 Å². The Bertz CT molecular complexity index is 889. The van der Waals surface area contributed by atoms with Crippen LogP contribution in [-0.2, 0) is 14.8 Å². The van der Waals surface area contributed by atoms with E-state index in [-0.39, 0.29) is 17.4 Å². The quantitative estimate of drug-likeness (QED) is 0.695. The number of carbonyl (C=O) groups is 1. The van der Waals surface area contributed by atoms with Gasteiger partial charge in [0.05, 0.1) is 4.90 Å². The summed E-state index contributed by atoms with van der Waals surface area (Å²) < 4.78 is 32.1. The molecule has 0 aliphatic carbocycles. The van der Waals surface area contributed by atoms with Crippen LogP contribution in [0.25, 0.3) is 0 Å². The fraction of sp³-hybridized carbons (Fsp3) is 0.316. The highest BCUT2D eigenvalue weighted by Gasteiger charge is 2.13. The monoisotopic (exact) mass is 410 g/mol. The number of hydrogen-bond acceptors (Lipinski definition) is 4. The van der Waals surface area contributed by atoms with Crippen molar-refractivity contribution in [3.05, 3.63) is 52.5 Å². The molecule has 2 aromatic carbocycles. The van der Waals surface area contributed by atoms with Gasteiger partial charge in [0.1, 0.15) is 5.75 Å². The second-order valence-electron chi connectivity index (χ2n) is 6.13. The van der Waals surface area contributed by atoms with Gasteiger partial charge in [-0.25, -0.2) is 13.1 Å². The van der Waals surface area contributed by atoms with E-state index >= 15 is 0 Å². The highest BCUT2D eigenvalue weighted by molar-refractivity contribution is 7.89. The van der Waals surface area contributed by atoms with Gasteiger partial charge in [0.2, 0.25) is 10.0 Å². The lowest BCUT2D eigenvalue weighted by Gasteiger charge is -2.11. The van der Waals surface area contributed by atoms with Gasteiger partial charge >= 0.3 is 0 Å². The van der Waals surface area contributed by atoms with Crippen LogP contribution in [0.15, 0.2) is 41.3 Å². The lowest BCUT2D eigenvalue weighted by molar-refractivity contribution is -0.118. The smallest absolute Gasteiger partial charge is 0.262 e. The largest absolute Gasteiger partial charge is 0.484 e. The first-order valence-corrected chi connectivity index (χ1v) is 10.4. The van der Waals surface area contributed by atoms with E-state index < -0.39 is 10.0 Å². The summed E-state index contributed by atoms with van der Waals surface area (Å²) in [6.45, 7) is 5.83. The first kappa shape index (κ1) is 21.2. The predicted molar refractivity (Wildman–Crippen MR) is 107 cm³/mol. The molecule has 2 aromatic rings. The Morgan fingerprint density at radius 2 is 1.70 bits per heavy atom. The number of nitrogens with one attached hydrogen (secondary N) is 2. The summed E-state index contributed by atoms with van der Waals surface area (Å²) in [5, 5.41) is 3.35. The number of ether oxygens (including phenoxy) is 1. The molecular weight excluding hydrogens is 388 g/mol. The number of rotatable bonds is 8. The van der Waals surface area contributed by atoms with Gasteiger partial charge < -0.3 is 10.1 Å². The summed E-state index contributed by atoms with van der Waals surface area (Å²) in [6, 6.07) is 9.50. The van der Waals surface area contributed by atoms with E-state index in [0.29, 0.717) is 29.4 Å². The van der Waals surface area contributed by atoms with Crippen molar-refractivity contribution >= 4 is 33.2 Å². The third-order valence-corrected chi connectivity index (χ3v) is 5.84. The Labute approximate surface area is 164 Å². The van der Waals surface area contributed by atoms with E-state index in [4.69, 9.17) is 16.3 Å². The molecule has 0 unspecified atom stereocenters. The summed E-state index contributed by atoms with van der Waals surface area (Å²) in [6.07, 6.45) is 0.708. The van der Waals surface area contributed by atoms with Gasteiger partial charge in [0, 0.05) is 17.3 Å². The maximum atomic E-state index is 12.1. The maximum Gasteiger partial charge on any atom is 0.262 e. The molecular formula is C19H23ClN2O4S. The van der Waals surface area contributed by atoms with E-state index in [1.807, 2.05) is 20.8 Å². The van der Waals surface area contributed by atoms with Crippen molar-refractivity contribution in [1.29, 1.82) is 0 Å². The minimum Gasteiger partial charge on any atom is -0.484 e. The number of aryl methyl sites for hydroxylation is 2. The normalized spacial score (nSPS) is 11.3. The summed E-state index contributed by atoms with van der Waals surface area (Å²) >= 11 is 6.11. The van der Waals surface area contributed by atoms with E-state index in [0.717, 1.165) is 11.1 Å². The van der Waals surface area contributed by atoms with Crippen molar-refractivity contribution < 1.29 is 17.9 Å². The Balaban J connectivity index is 1.94. The molecule has 0 aromatic heterocycles. The van der Waals surface area contributed by atoms with Crippen LogP contribution < -0.4 is 14.8 Å². The molecule has 2 rings (SSSR count). The SMILES string of the molecule is CCCNS(=O)(=O)c1ccc(NC(=O)COc2cc(C)c(Cl)c(C)c2)cc1. The van der Waals surface area contributed by atoms with Crippen molar-refractivity contribution in [3.63, 3.8) is 0 Å². The van der Waals surface area contributed by atoms with Crippen molar-refractivity contribution in [2.24, 2.45) is 0 Å². The first-order chi connectivity index (χ1) is 12.7. The Morgan fingerprint density at radius 1 is 1.11 bits per heavy atom. The average molecular weight is 411 g/mol. The van der Waals surface area contributed by atoms with E-state index in [1.54, 1.807) is 12.1 Å². The minimum absolute atomic E-state index is 0.150. The molecule has 2 N–H and O–H groups in total. The lowest BCUT2D eigenvalue weighted by Crippen LogP contribution is -2.24. The summed E-state index contributed by atoms with van der Waals surface area (Å²) in [4.78, 5) is 12.2. The van der Waals surface area contributed by atoms with Crippen LogP contribution >= 0.6 is 11.6 Å². The molecule has 0 radical (unpaired) electrons. The second kappa shape index (κ2) is 9.21. The number of halogens is 1. The van der Waals surface area contributed by atoms with Crippen molar-refractivity contribution in [1.82, 2.24) is 4.72 Å². The molecule has 0 atom stereocenters. The molecule has 1 amide bonds. The van der Waals surface area contributed by atoms with Crippen LogP contribution in [0.5, 0.6) is 5.75 Å². The molecule has 0 aliphatic rings. The zero-order valence-electron chi connectivity index (χ0n) is 15.5. The van der Waals surface area contributed by atoms with Crippen molar-refractivity contribution in [2.75, 3.05) is 18.5 Å². The number of sulfonamides is 1. The number of hydrogen-bond donors (Lipinski definition) is 2.